The minimum Gasteiger partial charge on any atom is -0.473 e. The van der Waals surface area contributed by atoms with E-state index in [1.165, 1.54) is 0 Å². The maximum Gasteiger partial charge on any atom is 0.242 e. The highest BCUT2D eigenvalue weighted by atomic mass is 16.5. The summed E-state index contributed by atoms with van der Waals surface area (Å²) in [4.78, 5) is 32.9. The first-order valence-corrected chi connectivity index (χ1v) is 14.8. The second-order valence-electron chi connectivity index (χ2n) is 11.2. The highest BCUT2D eigenvalue weighted by Gasteiger charge is 2.82. The fraction of sp³-hybridized carbons (Fsp3) is 0.114. The lowest BCUT2D eigenvalue weighted by atomic mass is 9.47. The average molecular weight is 604 g/mol. The molecule has 0 saturated carbocycles. The van der Waals surface area contributed by atoms with Gasteiger partial charge in [-0.1, -0.05) is 30.4 Å². The van der Waals surface area contributed by atoms with Gasteiger partial charge in [-0.15, -0.1) is 0 Å². The standard InChI is InChI=1S/C35H25N9O2/c1-2-10-26-23(7-1)21-30(45-26)35(32-41-16-6-17-42-32)34(27-12-18-43-44-27,28-22-36-19-20-38-28)33(31-39-14-5-15-40-31)24(25-9-4-13-37-25)8-3-11-29(33)46-35/h1-22,24,37H,(H,43,44). The third-order valence-corrected chi connectivity index (χ3v) is 9.17. The lowest BCUT2D eigenvalue weighted by molar-refractivity contribution is 0.00431. The third-order valence-electron chi connectivity index (χ3n) is 9.17. The van der Waals surface area contributed by atoms with Gasteiger partial charge in [0.15, 0.2) is 11.6 Å². The normalized spacial score (nSPS) is 25.2. The van der Waals surface area contributed by atoms with Crippen molar-refractivity contribution in [2.75, 3.05) is 0 Å². The number of aromatic amines is 2. The van der Waals surface area contributed by atoms with Crippen molar-refractivity contribution in [2.24, 2.45) is 0 Å². The second-order valence-corrected chi connectivity index (χ2v) is 11.2. The molecule has 1 saturated heterocycles. The maximum atomic E-state index is 7.52. The Morgan fingerprint density at radius 3 is 2.30 bits per heavy atom. The molecule has 4 atom stereocenters. The summed E-state index contributed by atoms with van der Waals surface area (Å²) in [5, 5.41) is 8.72. The van der Waals surface area contributed by atoms with Crippen molar-refractivity contribution in [1.29, 1.82) is 0 Å². The van der Waals surface area contributed by atoms with E-state index in [0.717, 1.165) is 11.1 Å². The van der Waals surface area contributed by atoms with E-state index < -0.39 is 22.3 Å². The molecule has 1 fully saturated rings. The van der Waals surface area contributed by atoms with Crippen molar-refractivity contribution in [3.63, 3.8) is 0 Å². The smallest absolute Gasteiger partial charge is 0.242 e. The van der Waals surface area contributed by atoms with Crippen LogP contribution in [0, 0.1) is 0 Å². The molecule has 1 aliphatic heterocycles. The van der Waals surface area contributed by atoms with Crippen LogP contribution in [0.4, 0.5) is 0 Å². The summed E-state index contributed by atoms with van der Waals surface area (Å²) < 4.78 is 14.3. The van der Waals surface area contributed by atoms with E-state index in [2.05, 4.69) is 32.3 Å². The zero-order chi connectivity index (χ0) is 30.6. The predicted molar refractivity (Wildman–Crippen MR) is 166 cm³/mol. The number of para-hydroxylation sites is 1. The molecule has 4 unspecified atom stereocenters. The number of hydrogen-bond acceptors (Lipinski definition) is 9. The molecule has 11 nitrogen and oxygen atoms in total. The van der Waals surface area contributed by atoms with Crippen LogP contribution in [0.15, 0.2) is 145 Å². The number of H-pyrrole nitrogens is 2. The van der Waals surface area contributed by atoms with Crippen molar-refractivity contribution in [3.8, 4) is 0 Å². The van der Waals surface area contributed by atoms with Crippen LogP contribution >= 0.6 is 0 Å². The number of hydrogen-bond donors (Lipinski definition) is 2. The largest absolute Gasteiger partial charge is 0.473 e. The van der Waals surface area contributed by atoms with E-state index in [1.54, 1.807) is 61.7 Å². The Morgan fingerprint density at radius 2 is 1.59 bits per heavy atom. The molecule has 0 bridgehead atoms. The van der Waals surface area contributed by atoms with Gasteiger partial charge in [-0.05, 0) is 48.5 Å². The van der Waals surface area contributed by atoms with Crippen LogP contribution < -0.4 is 0 Å². The first-order valence-electron chi connectivity index (χ1n) is 14.8. The quantitative estimate of drug-likeness (QED) is 0.259. The van der Waals surface area contributed by atoms with Crippen molar-refractivity contribution < 1.29 is 9.15 Å². The average Bonchev–Trinajstić information content (AvgIpc) is 3.95. The van der Waals surface area contributed by atoms with Gasteiger partial charge in [0.25, 0.3) is 0 Å². The fourth-order valence-electron chi connectivity index (χ4n) is 7.60. The van der Waals surface area contributed by atoms with Crippen molar-refractivity contribution >= 4 is 11.0 Å². The van der Waals surface area contributed by atoms with Gasteiger partial charge in [-0.25, -0.2) is 19.9 Å². The molecule has 11 heteroatoms. The molecule has 0 spiro atoms. The molecule has 1 aromatic carbocycles. The summed E-state index contributed by atoms with van der Waals surface area (Å²) in [6, 6.07) is 19.4. The van der Waals surface area contributed by atoms with Gasteiger partial charge in [0, 0.05) is 72.8 Å². The molecule has 1 aliphatic carbocycles. The van der Waals surface area contributed by atoms with Gasteiger partial charge in [-0.2, -0.15) is 5.10 Å². The monoisotopic (exact) mass is 603 g/mol. The van der Waals surface area contributed by atoms with E-state index in [-0.39, 0.29) is 0 Å². The lowest BCUT2D eigenvalue weighted by Crippen LogP contribution is -2.61. The fourth-order valence-corrected chi connectivity index (χ4v) is 7.60. The van der Waals surface area contributed by atoms with Gasteiger partial charge in [0.2, 0.25) is 5.60 Å². The number of ether oxygens (including phenoxy) is 1. The van der Waals surface area contributed by atoms with Gasteiger partial charge in [-0.3, -0.25) is 15.1 Å². The Labute approximate surface area is 262 Å². The van der Waals surface area contributed by atoms with Crippen LogP contribution in [-0.4, -0.2) is 45.1 Å². The van der Waals surface area contributed by atoms with E-state index in [1.807, 2.05) is 60.8 Å². The van der Waals surface area contributed by atoms with Crippen LogP contribution in [0.1, 0.15) is 40.4 Å². The van der Waals surface area contributed by atoms with Crippen LogP contribution in [0.2, 0.25) is 0 Å². The molecule has 9 rings (SSSR count). The summed E-state index contributed by atoms with van der Waals surface area (Å²) in [7, 11) is 0. The Morgan fingerprint density at radius 1 is 0.761 bits per heavy atom. The highest BCUT2D eigenvalue weighted by molar-refractivity contribution is 5.79. The van der Waals surface area contributed by atoms with E-state index in [0.29, 0.717) is 40.1 Å². The van der Waals surface area contributed by atoms with Gasteiger partial charge in [0.05, 0.1) is 11.4 Å². The third kappa shape index (κ3) is 3.23. The molecular formula is C35H25N9O2. The number of fused-ring (bicyclic) bond motifs is 2. The van der Waals surface area contributed by atoms with E-state index in [9.17, 15) is 0 Å². The SMILES string of the molecule is C1=CC(c2ccc[nH]2)C2(c3ncccn3)C(=C1)OC(c1ncccn1)(c1cc3ccccc3o1)C2(c1cnccn1)c1ccn[nH]1. The van der Waals surface area contributed by atoms with Crippen molar-refractivity contribution in [2.45, 2.75) is 22.3 Å². The highest BCUT2D eigenvalue weighted by Crippen LogP contribution is 2.73. The summed E-state index contributed by atoms with van der Waals surface area (Å²) in [6.45, 7) is 0. The number of nitrogens with zero attached hydrogens (tertiary/aromatic N) is 7. The number of benzene rings is 1. The molecule has 46 heavy (non-hydrogen) atoms. The minimum absolute atomic E-state index is 0.352. The van der Waals surface area contributed by atoms with Crippen LogP contribution in [0.3, 0.4) is 0 Å². The predicted octanol–water partition coefficient (Wildman–Crippen LogP) is 5.29. The maximum absolute atomic E-state index is 7.52. The molecule has 7 heterocycles. The summed E-state index contributed by atoms with van der Waals surface area (Å²) in [5.74, 6) is 1.49. The van der Waals surface area contributed by atoms with E-state index in [4.69, 9.17) is 34.1 Å². The zero-order valence-corrected chi connectivity index (χ0v) is 24.2. The molecule has 2 aliphatic rings. The van der Waals surface area contributed by atoms with Crippen LogP contribution in [0.25, 0.3) is 11.0 Å². The molecule has 2 N–H and O–H groups in total. The van der Waals surface area contributed by atoms with Crippen LogP contribution in [0.5, 0.6) is 0 Å². The number of allylic oxidation sites excluding steroid dienone is 4. The number of nitrogens with one attached hydrogen (secondary N) is 2. The Balaban J connectivity index is 1.56. The minimum atomic E-state index is -1.60. The van der Waals surface area contributed by atoms with Crippen molar-refractivity contribution in [1.82, 2.24) is 45.1 Å². The Hall–Kier alpha value is -6.23. The molecule has 222 valence electrons. The summed E-state index contributed by atoms with van der Waals surface area (Å²) in [5.41, 5.74) is -1.43. The Kier molecular flexibility index (Phi) is 5.63. The second kappa shape index (κ2) is 9.89. The number of aromatic nitrogens is 9. The van der Waals surface area contributed by atoms with Crippen molar-refractivity contribution in [3.05, 3.63) is 175 Å². The lowest BCUT2D eigenvalue weighted by Gasteiger charge is -2.50. The first-order chi connectivity index (χ1) is 22.8. The van der Waals surface area contributed by atoms with Gasteiger partial charge >= 0.3 is 0 Å². The van der Waals surface area contributed by atoms with Crippen LogP contribution in [-0.2, 0) is 21.2 Å². The first kappa shape index (κ1) is 26.2. The summed E-state index contributed by atoms with van der Waals surface area (Å²) in [6.07, 6.45) is 21.7. The molecule has 6 aromatic heterocycles. The molecule has 7 aromatic rings. The molecule has 0 amide bonds. The number of furan rings is 1. The van der Waals surface area contributed by atoms with E-state index >= 15 is 0 Å². The molecular weight excluding hydrogens is 578 g/mol. The zero-order valence-electron chi connectivity index (χ0n) is 24.2. The van der Waals surface area contributed by atoms with Gasteiger partial charge < -0.3 is 14.1 Å². The summed E-state index contributed by atoms with van der Waals surface area (Å²) >= 11 is 0. The molecule has 0 radical (unpaired) electrons. The topological polar surface area (TPSA) is 144 Å². The Bertz CT molecular complexity index is 2170. The van der Waals surface area contributed by atoms with Gasteiger partial charge in [0.1, 0.15) is 28.0 Å². The number of rotatable bonds is 6.